The Kier molecular flexibility index (Phi) is 4.64. The fourth-order valence-electron chi connectivity index (χ4n) is 3.10. The summed E-state index contributed by atoms with van der Waals surface area (Å²) >= 11 is 0. The van der Waals surface area contributed by atoms with Gasteiger partial charge in [0.2, 0.25) is 0 Å². The van der Waals surface area contributed by atoms with Crippen molar-refractivity contribution in [2.24, 2.45) is 5.92 Å². The van der Waals surface area contributed by atoms with E-state index in [1.807, 2.05) is 0 Å². The van der Waals surface area contributed by atoms with Gasteiger partial charge in [0.15, 0.2) is 0 Å². The summed E-state index contributed by atoms with van der Waals surface area (Å²) in [5.74, 6) is 0.819. The van der Waals surface area contributed by atoms with Crippen LogP contribution in [0.4, 0.5) is 0 Å². The molecule has 1 N–H and O–H groups in total. The maximum atomic E-state index is 3.72. The summed E-state index contributed by atoms with van der Waals surface area (Å²) in [4.78, 5) is 2.43. The minimum atomic E-state index is 0.449. The lowest BCUT2D eigenvalue weighted by atomic mass is 9.96. The van der Waals surface area contributed by atoms with E-state index in [0.29, 0.717) is 6.04 Å². The molecule has 2 nitrogen and oxygen atoms in total. The van der Waals surface area contributed by atoms with Crippen LogP contribution >= 0.6 is 0 Å². The van der Waals surface area contributed by atoms with Gasteiger partial charge in [-0.1, -0.05) is 12.1 Å². The molecule has 0 saturated carbocycles. The maximum absolute atomic E-state index is 3.72. The summed E-state index contributed by atoms with van der Waals surface area (Å²) in [6.07, 6.45) is 1.34. The highest BCUT2D eigenvalue weighted by atomic mass is 15.1. The molecule has 1 heterocycles. The van der Waals surface area contributed by atoms with Crippen molar-refractivity contribution in [3.63, 3.8) is 0 Å². The fraction of sp³-hybridized carbons (Fsp3) is 0.647. The SMILES string of the molecule is Cc1cc(C)c(C(C)NCC2CCN(C)C2)cc1C. The number of nitrogens with one attached hydrogen (secondary N) is 1. The van der Waals surface area contributed by atoms with Crippen molar-refractivity contribution in [3.8, 4) is 0 Å². The summed E-state index contributed by atoms with van der Waals surface area (Å²) in [5.41, 5.74) is 5.65. The van der Waals surface area contributed by atoms with Crippen LogP contribution in [0.1, 0.15) is 41.6 Å². The Morgan fingerprint density at radius 3 is 2.53 bits per heavy atom. The first kappa shape index (κ1) is 14.5. The molecule has 2 rings (SSSR count). The molecule has 1 aliphatic heterocycles. The van der Waals surface area contributed by atoms with Crippen LogP contribution in [-0.2, 0) is 0 Å². The van der Waals surface area contributed by atoms with Crippen LogP contribution in [0.15, 0.2) is 12.1 Å². The molecule has 2 unspecified atom stereocenters. The van der Waals surface area contributed by atoms with Gasteiger partial charge in [0.05, 0.1) is 0 Å². The number of hydrogen-bond acceptors (Lipinski definition) is 2. The molecule has 2 heteroatoms. The smallest absolute Gasteiger partial charge is 0.0294 e. The molecule has 19 heavy (non-hydrogen) atoms. The number of benzene rings is 1. The van der Waals surface area contributed by atoms with Crippen molar-refractivity contribution < 1.29 is 0 Å². The third-order valence-electron chi connectivity index (χ3n) is 4.55. The second-order valence-electron chi connectivity index (χ2n) is 6.34. The Hall–Kier alpha value is -0.860. The third-order valence-corrected chi connectivity index (χ3v) is 4.55. The van der Waals surface area contributed by atoms with Gasteiger partial charge in [-0.05, 0) is 82.4 Å². The molecule has 0 radical (unpaired) electrons. The second kappa shape index (κ2) is 6.06. The van der Waals surface area contributed by atoms with Crippen molar-refractivity contribution in [1.82, 2.24) is 10.2 Å². The van der Waals surface area contributed by atoms with Gasteiger partial charge in [-0.15, -0.1) is 0 Å². The van der Waals surface area contributed by atoms with E-state index in [4.69, 9.17) is 0 Å². The molecule has 0 bridgehead atoms. The Balaban J connectivity index is 1.96. The molecule has 0 spiro atoms. The van der Waals surface area contributed by atoms with Gasteiger partial charge in [0, 0.05) is 12.6 Å². The molecule has 1 aromatic carbocycles. The van der Waals surface area contributed by atoms with Crippen molar-refractivity contribution in [3.05, 3.63) is 34.4 Å². The Bertz CT molecular complexity index is 439. The molecule has 2 atom stereocenters. The lowest BCUT2D eigenvalue weighted by Gasteiger charge is -2.20. The molecule has 0 aliphatic carbocycles. The summed E-state index contributed by atoms with van der Waals surface area (Å²) in [6, 6.07) is 5.11. The minimum absolute atomic E-state index is 0.449. The zero-order valence-electron chi connectivity index (χ0n) is 13.1. The largest absolute Gasteiger partial charge is 0.310 e. The normalized spacial score (nSPS) is 21.8. The first-order valence-electron chi connectivity index (χ1n) is 7.47. The van der Waals surface area contributed by atoms with Crippen molar-refractivity contribution >= 4 is 0 Å². The second-order valence-corrected chi connectivity index (χ2v) is 6.34. The van der Waals surface area contributed by atoms with E-state index < -0.39 is 0 Å². The third kappa shape index (κ3) is 3.58. The topological polar surface area (TPSA) is 15.3 Å². The van der Waals surface area contributed by atoms with Crippen LogP contribution in [0.2, 0.25) is 0 Å². The van der Waals surface area contributed by atoms with E-state index in [-0.39, 0.29) is 0 Å². The van der Waals surface area contributed by atoms with Crippen LogP contribution in [0, 0.1) is 26.7 Å². The van der Waals surface area contributed by atoms with Crippen molar-refractivity contribution in [2.45, 2.75) is 40.2 Å². The van der Waals surface area contributed by atoms with Crippen molar-refractivity contribution in [2.75, 3.05) is 26.7 Å². The molecule has 1 saturated heterocycles. The number of nitrogens with zero attached hydrogens (tertiary/aromatic N) is 1. The lowest BCUT2D eigenvalue weighted by molar-refractivity contribution is 0.382. The van der Waals surface area contributed by atoms with Gasteiger partial charge in [-0.3, -0.25) is 0 Å². The molecule has 1 aromatic rings. The quantitative estimate of drug-likeness (QED) is 0.894. The maximum Gasteiger partial charge on any atom is 0.0294 e. The van der Waals surface area contributed by atoms with Crippen LogP contribution < -0.4 is 5.32 Å². The Morgan fingerprint density at radius 1 is 1.21 bits per heavy atom. The van der Waals surface area contributed by atoms with Crippen LogP contribution in [0.5, 0.6) is 0 Å². The van der Waals surface area contributed by atoms with E-state index in [1.165, 1.54) is 41.8 Å². The standard InChI is InChI=1S/C17H28N2/c1-12-8-14(3)17(9-13(12)2)15(4)18-10-16-6-7-19(5)11-16/h8-9,15-16,18H,6-7,10-11H2,1-5H3. The number of aryl methyl sites for hydroxylation is 3. The molecule has 1 fully saturated rings. The van der Waals surface area contributed by atoms with E-state index in [9.17, 15) is 0 Å². The van der Waals surface area contributed by atoms with E-state index in [0.717, 1.165) is 12.5 Å². The van der Waals surface area contributed by atoms with Crippen LogP contribution in [-0.4, -0.2) is 31.6 Å². The highest BCUT2D eigenvalue weighted by molar-refractivity contribution is 5.38. The fourth-order valence-corrected chi connectivity index (χ4v) is 3.10. The first-order valence-corrected chi connectivity index (χ1v) is 7.47. The molecular formula is C17H28N2. The molecule has 0 amide bonds. The number of likely N-dealkylation sites (tertiary alicyclic amines) is 1. The highest BCUT2D eigenvalue weighted by Crippen LogP contribution is 2.22. The summed E-state index contributed by atoms with van der Waals surface area (Å²) in [5, 5.41) is 3.72. The van der Waals surface area contributed by atoms with Crippen LogP contribution in [0.3, 0.4) is 0 Å². The van der Waals surface area contributed by atoms with Gasteiger partial charge in [0.1, 0.15) is 0 Å². The summed E-state index contributed by atoms with van der Waals surface area (Å²) < 4.78 is 0. The van der Waals surface area contributed by atoms with Crippen LogP contribution in [0.25, 0.3) is 0 Å². The van der Waals surface area contributed by atoms with Gasteiger partial charge in [0.25, 0.3) is 0 Å². The minimum Gasteiger partial charge on any atom is -0.310 e. The van der Waals surface area contributed by atoms with E-state index >= 15 is 0 Å². The van der Waals surface area contributed by atoms with Gasteiger partial charge in [-0.2, -0.15) is 0 Å². The molecule has 0 aromatic heterocycles. The zero-order chi connectivity index (χ0) is 14.0. The predicted octanol–water partition coefficient (Wildman–Crippen LogP) is 3.21. The highest BCUT2D eigenvalue weighted by Gasteiger charge is 2.20. The van der Waals surface area contributed by atoms with Gasteiger partial charge < -0.3 is 10.2 Å². The molecule has 1 aliphatic rings. The zero-order valence-corrected chi connectivity index (χ0v) is 13.1. The number of rotatable bonds is 4. The first-order chi connectivity index (χ1) is 8.97. The number of hydrogen-bond donors (Lipinski definition) is 1. The lowest BCUT2D eigenvalue weighted by Crippen LogP contribution is -2.27. The molecule has 106 valence electrons. The average Bonchev–Trinajstić information content (AvgIpc) is 2.77. The summed E-state index contributed by atoms with van der Waals surface area (Å²) in [6.45, 7) is 12.5. The molecular weight excluding hydrogens is 232 g/mol. The van der Waals surface area contributed by atoms with Crippen molar-refractivity contribution in [1.29, 1.82) is 0 Å². The Morgan fingerprint density at radius 2 is 1.89 bits per heavy atom. The van der Waals surface area contributed by atoms with Gasteiger partial charge in [-0.25, -0.2) is 0 Å². The monoisotopic (exact) mass is 260 g/mol. The van der Waals surface area contributed by atoms with E-state index in [2.05, 4.69) is 57.1 Å². The average molecular weight is 260 g/mol. The summed E-state index contributed by atoms with van der Waals surface area (Å²) in [7, 11) is 2.22. The predicted molar refractivity (Wildman–Crippen MR) is 82.7 cm³/mol. The van der Waals surface area contributed by atoms with E-state index in [1.54, 1.807) is 0 Å². The van der Waals surface area contributed by atoms with Gasteiger partial charge >= 0.3 is 0 Å². The Labute approximate surface area is 118 Å².